The lowest BCUT2D eigenvalue weighted by atomic mass is 10.0. The van der Waals surface area contributed by atoms with Gasteiger partial charge in [-0.25, -0.2) is 0 Å². The Bertz CT molecular complexity index is 1440. The second kappa shape index (κ2) is 60.9. The van der Waals surface area contributed by atoms with Crippen molar-refractivity contribution in [3.63, 3.8) is 0 Å². The maximum absolute atomic E-state index is 12.9. The number of allylic oxidation sites excluding steroid dienone is 16. The fraction of sp³-hybridized carbons (Fsp3) is 0.716. The first-order valence-electron chi connectivity index (χ1n) is 30.7. The smallest absolute Gasteiger partial charge is 0.306 e. The summed E-state index contributed by atoms with van der Waals surface area (Å²) in [6, 6.07) is 0. The summed E-state index contributed by atoms with van der Waals surface area (Å²) in [6.07, 6.45) is 81.1. The summed E-state index contributed by atoms with van der Waals surface area (Å²) in [5.74, 6) is -0.906. The second-order valence-electron chi connectivity index (χ2n) is 20.2. The van der Waals surface area contributed by atoms with Crippen molar-refractivity contribution in [2.45, 2.75) is 297 Å². The number of esters is 3. The molecule has 0 spiro atoms. The first-order chi connectivity index (χ1) is 36.0. The lowest BCUT2D eigenvalue weighted by Crippen LogP contribution is -2.30. The van der Waals surface area contributed by atoms with E-state index in [-0.39, 0.29) is 31.1 Å². The van der Waals surface area contributed by atoms with E-state index in [2.05, 4.69) is 118 Å². The molecule has 0 saturated heterocycles. The van der Waals surface area contributed by atoms with Crippen LogP contribution in [0.3, 0.4) is 0 Å². The van der Waals surface area contributed by atoms with E-state index in [1.165, 1.54) is 116 Å². The van der Waals surface area contributed by atoms with E-state index in [4.69, 9.17) is 14.2 Å². The second-order valence-corrected chi connectivity index (χ2v) is 20.2. The highest BCUT2D eigenvalue weighted by Gasteiger charge is 2.19. The van der Waals surface area contributed by atoms with Crippen LogP contribution in [0.5, 0.6) is 0 Å². The fourth-order valence-electron chi connectivity index (χ4n) is 8.48. The van der Waals surface area contributed by atoms with Crippen molar-refractivity contribution >= 4 is 17.9 Å². The van der Waals surface area contributed by atoms with Crippen LogP contribution in [-0.2, 0) is 28.6 Å². The number of hydrogen-bond acceptors (Lipinski definition) is 6. The zero-order valence-corrected chi connectivity index (χ0v) is 47.9. The van der Waals surface area contributed by atoms with Crippen molar-refractivity contribution in [1.29, 1.82) is 0 Å². The van der Waals surface area contributed by atoms with Gasteiger partial charge in [0.15, 0.2) is 6.10 Å². The van der Waals surface area contributed by atoms with Crippen LogP contribution in [-0.4, -0.2) is 37.2 Å². The van der Waals surface area contributed by atoms with Gasteiger partial charge in [0, 0.05) is 19.3 Å². The molecule has 0 N–H and O–H groups in total. The third kappa shape index (κ3) is 59.1. The van der Waals surface area contributed by atoms with Crippen LogP contribution in [0.25, 0.3) is 0 Å². The zero-order chi connectivity index (χ0) is 52.9. The first kappa shape index (κ1) is 69.3. The number of carbonyl (C=O) groups is 3. The molecule has 0 fully saturated rings. The highest BCUT2D eigenvalue weighted by molar-refractivity contribution is 5.71. The first-order valence-corrected chi connectivity index (χ1v) is 30.7. The van der Waals surface area contributed by atoms with Crippen molar-refractivity contribution in [3.8, 4) is 0 Å². The maximum atomic E-state index is 12.9. The van der Waals surface area contributed by atoms with Gasteiger partial charge in [-0.15, -0.1) is 0 Å². The van der Waals surface area contributed by atoms with E-state index in [0.717, 1.165) is 135 Å². The number of unbranched alkanes of at least 4 members (excludes halogenated alkanes) is 28. The Balaban J connectivity index is 4.36. The molecule has 1 atom stereocenters. The van der Waals surface area contributed by atoms with E-state index >= 15 is 0 Å². The van der Waals surface area contributed by atoms with Crippen LogP contribution < -0.4 is 0 Å². The normalized spacial score (nSPS) is 12.8. The Kier molecular flexibility index (Phi) is 57.8. The van der Waals surface area contributed by atoms with Crippen LogP contribution >= 0.6 is 0 Å². The lowest BCUT2D eigenvalue weighted by Gasteiger charge is -2.18. The average Bonchev–Trinajstić information content (AvgIpc) is 3.39. The van der Waals surface area contributed by atoms with Crippen molar-refractivity contribution in [2.75, 3.05) is 13.2 Å². The Morgan fingerprint density at radius 2 is 0.534 bits per heavy atom. The van der Waals surface area contributed by atoms with Crippen molar-refractivity contribution in [3.05, 3.63) is 97.2 Å². The molecule has 73 heavy (non-hydrogen) atoms. The van der Waals surface area contributed by atoms with Crippen molar-refractivity contribution in [2.24, 2.45) is 0 Å². The number of rotatable bonds is 55. The van der Waals surface area contributed by atoms with E-state index in [1.54, 1.807) is 0 Å². The number of carbonyl (C=O) groups excluding carboxylic acids is 3. The van der Waals surface area contributed by atoms with Crippen LogP contribution in [0, 0.1) is 0 Å². The van der Waals surface area contributed by atoms with Gasteiger partial charge in [0.1, 0.15) is 13.2 Å². The predicted molar refractivity (Wildman–Crippen MR) is 316 cm³/mol. The largest absolute Gasteiger partial charge is 0.462 e. The summed E-state index contributed by atoms with van der Waals surface area (Å²) in [5, 5.41) is 0. The molecular weight excluding hydrogens is 901 g/mol. The zero-order valence-electron chi connectivity index (χ0n) is 47.9. The van der Waals surface area contributed by atoms with Crippen LogP contribution in [0.1, 0.15) is 290 Å². The van der Waals surface area contributed by atoms with Gasteiger partial charge >= 0.3 is 17.9 Å². The minimum absolute atomic E-state index is 0.0848. The molecule has 0 aromatic carbocycles. The number of hydrogen-bond donors (Lipinski definition) is 0. The van der Waals surface area contributed by atoms with Gasteiger partial charge in [0.25, 0.3) is 0 Å². The Morgan fingerprint density at radius 1 is 0.288 bits per heavy atom. The summed E-state index contributed by atoms with van der Waals surface area (Å²) < 4.78 is 16.9. The summed E-state index contributed by atoms with van der Waals surface area (Å²) in [4.78, 5) is 38.2. The topological polar surface area (TPSA) is 78.9 Å². The third-order valence-electron chi connectivity index (χ3n) is 13.1. The van der Waals surface area contributed by atoms with Gasteiger partial charge in [0.05, 0.1) is 0 Å². The van der Waals surface area contributed by atoms with Gasteiger partial charge in [-0.2, -0.15) is 0 Å². The molecule has 6 nitrogen and oxygen atoms in total. The molecule has 0 radical (unpaired) electrons. The highest BCUT2D eigenvalue weighted by Crippen LogP contribution is 2.16. The van der Waals surface area contributed by atoms with Gasteiger partial charge < -0.3 is 14.2 Å². The summed E-state index contributed by atoms with van der Waals surface area (Å²) >= 11 is 0. The minimum atomic E-state index is -0.789. The fourth-order valence-corrected chi connectivity index (χ4v) is 8.48. The average molecular weight is 1020 g/mol. The van der Waals surface area contributed by atoms with Crippen molar-refractivity contribution < 1.29 is 28.6 Å². The van der Waals surface area contributed by atoms with E-state index < -0.39 is 6.10 Å². The Hall–Kier alpha value is -3.67. The minimum Gasteiger partial charge on any atom is -0.462 e. The quantitative estimate of drug-likeness (QED) is 0.0261. The monoisotopic (exact) mass is 1010 g/mol. The Labute approximate surface area is 451 Å². The molecule has 6 heteroatoms. The molecule has 0 saturated carbocycles. The van der Waals surface area contributed by atoms with E-state index in [1.807, 2.05) is 0 Å². The molecule has 0 amide bonds. The summed E-state index contributed by atoms with van der Waals surface area (Å²) in [7, 11) is 0. The predicted octanol–water partition coefficient (Wildman–Crippen LogP) is 20.9. The van der Waals surface area contributed by atoms with Gasteiger partial charge in [0.2, 0.25) is 0 Å². The van der Waals surface area contributed by atoms with E-state index in [9.17, 15) is 14.4 Å². The maximum Gasteiger partial charge on any atom is 0.306 e. The molecule has 0 heterocycles. The lowest BCUT2D eigenvalue weighted by molar-refractivity contribution is -0.167. The van der Waals surface area contributed by atoms with Gasteiger partial charge in [-0.05, 0) is 103 Å². The van der Waals surface area contributed by atoms with Gasteiger partial charge in [-0.3, -0.25) is 14.4 Å². The molecule has 0 aliphatic heterocycles. The molecule has 0 bridgehead atoms. The Morgan fingerprint density at radius 3 is 0.849 bits per heavy atom. The molecule has 0 aliphatic rings. The molecule has 0 rings (SSSR count). The summed E-state index contributed by atoms with van der Waals surface area (Å²) in [5.41, 5.74) is 0. The molecular formula is C67H114O6. The SMILES string of the molecule is CC/C=C\C/C=C\C/C=C\C/C=C\C/C=C\C/C=C\C/C=C\CCCCCCCC(=O)OCC(COC(=O)CCCCCCCCCCCCCCCC)OC(=O)CCCCCCC/C=C\CCCCCCC. The standard InChI is InChI=1S/C67H114O6/c1-4-7-10-13-16-19-22-25-28-29-30-31-32-33-34-35-36-37-38-39-40-43-45-48-51-54-57-60-66(69)72-63-64(73-67(70)61-58-55-52-49-46-42-27-24-21-18-15-12-9-6-3)62-71-65(68)59-56-53-50-47-44-41-26-23-20-17-14-11-8-5-2/h7,10,16,19,24-25,27-28,30-31,33-34,36-37,39-40,64H,4-6,8-9,11-15,17-18,20-23,26,29,32,35,38,41-63H2,1-3H3/b10-7-,19-16-,27-24-,28-25-,31-30-,34-33-,37-36-,40-39-. The third-order valence-corrected chi connectivity index (χ3v) is 13.1. The van der Waals surface area contributed by atoms with Gasteiger partial charge in [-0.1, -0.05) is 266 Å². The molecule has 418 valence electrons. The van der Waals surface area contributed by atoms with Crippen LogP contribution in [0.2, 0.25) is 0 Å². The van der Waals surface area contributed by atoms with Crippen LogP contribution in [0.4, 0.5) is 0 Å². The van der Waals surface area contributed by atoms with E-state index in [0.29, 0.717) is 19.3 Å². The molecule has 0 aromatic rings. The highest BCUT2D eigenvalue weighted by atomic mass is 16.6. The van der Waals surface area contributed by atoms with Crippen LogP contribution in [0.15, 0.2) is 97.2 Å². The molecule has 0 aliphatic carbocycles. The molecule has 1 unspecified atom stereocenters. The summed E-state index contributed by atoms with van der Waals surface area (Å²) in [6.45, 7) is 6.51. The van der Waals surface area contributed by atoms with Crippen molar-refractivity contribution in [1.82, 2.24) is 0 Å². The number of ether oxygens (including phenoxy) is 3. The molecule has 0 aromatic heterocycles.